The summed E-state index contributed by atoms with van der Waals surface area (Å²) in [5.74, 6) is 1.57. The summed E-state index contributed by atoms with van der Waals surface area (Å²) in [5, 5.41) is 0. The van der Waals surface area contributed by atoms with Crippen LogP contribution in [0.2, 0.25) is 0 Å². The molecule has 2 nitrogen and oxygen atoms in total. The SMILES string of the molecule is C=C(/C=C(\N=C(C)c1ccc(Oc2ccc(-c3ccc(SC)c(-c4ccccc4CC)c3)cc2)cc1)c1ccccc1)c1ccccc1. The number of allylic oxidation sites excluding steroid dienone is 2. The van der Waals surface area contributed by atoms with Gasteiger partial charge in [0.25, 0.3) is 0 Å². The van der Waals surface area contributed by atoms with E-state index in [4.69, 9.17) is 9.73 Å². The molecule has 0 spiro atoms. The maximum absolute atomic E-state index is 6.25. The molecule has 0 atom stereocenters. The third-order valence-corrected chi connectivity index (χ3v) is 9.19. The number of hydrogen-bond donors (Lipinski definition) is 0. The molecule has 6 rings (SSSR count). The van der Waals surface area contributed by atoms with Crippen molar-refractivity contribution in [1.82, 2.24) is 0 Å². The van der Waals surface area contributed by atoms with Crippen molar-refractivity contribution in [3.63, 3.8) is 0 Å². The molecule has 0 N–H and O–H groups in total. The quantitative estimate of drug-likeness (QED) is 0.0797. The first-order valence-corrected chi connectivity index (χ1v) is 17.5. The number of ether oxygens (including phenoxy) is 1. The van der Waals surface area contributed by atoms with Crippen LogP contribution in [0.4, 0.5) is 0 Å². The second kappa shape index (κ2) is 15.5. The van der Waals surface area contributed by atoms with Gasteiger partial charge in [0, 0.05) is 16.2 Å². The molecule has 0 radical (unpaired) electrons. The molecule has 0 heterocycles. The van der Waals surface area contributed by atoms with Crippen molar-refractivity contribution >= 4 is 28.7 Å². The largest absolute Gasteiger partial charge is 0.457 e. The maximum atomic E-state index is 6.25. The number of benzene rings is 6. The minimum absolute atomic E-state index is 0.776. The molecule has 0 fully saturated rings. The second-order valence-corrected chi connectivity index (χ2v) is 12.4. The van der Waals surface area contributed by atoms with E-state index in [2.05, 4.69) is 117 Å². The zero-order chi connectivity index (χ0) is 33.3. The van der Waals surface area contributed by atoms with Crippen LogP contribution < -0.4 is 4.74 Å². The number of aryl methyl sites for hydroxylation is 1. The molecule has 48 heavy (non-hydrogen) atoms. The topological polar surface area (TPSA) is 21.6 Å². The van der Waals surface area contributed by atoms with Crippen LogP contribution >= 0.6 is 11.8 Å². The lowest BCUT2D eigenvalue weighted by atomic mass is 9.95. The zero-order valence-electron chi connectivity index (χ0n) is 27.7. The highest BCUT2D eigenvalue weighted by Gasteiger charge is 2.11. The fraction of sp³-hybridized carbons (Fsp3) is 0.0889. The molecule has 3 heteroatoms. The van der Waals surface area contributed by atoms with Crippen molar-refractivity contribution in [3.05, 3.63) is 187 Å². The molecule has 0 saturated carbocycles. The molecule has 0 amide bonds. The third-order valence-electron chi connectivity index (χ3n) is 8.40. The van der Waals surface area contributed by atoms with Gasteiger partial charge in [-0.2, -0.15) is 0 Å². The Labute approximate surface area is 289 Å². The standard InChI is InChI=1S/C45H39NOS/c1-5-34-14-12-13-19-42(34)43-31-39(24-29-45(43)48-4)37-22-27-41(28-23-37)47-40-25-20-36(21-26-40)33(3)46-44(38-17-10-7-11-18-38)30-32(2)35-15-8-6-9-16-35/h6-31H,2,5H2,1,3-4H3/b44-30-,46-33?. The van der Waals surface area contributed by atoms with Gasteiger partial charge in [0.15, 0.2) is 0 Å². The van der Waals surface area contributed by atoms with E-state index in [1.807, 2.05) is 67.6 Å². The first-order chi connectivity index (χ1) is 23.5. The van der Waals surface area contributed by atoms with Gasteiger partial charge in [-0.05, 0) is 119 Å². The minimum Gasteiger partial charge on any atom is -0.457 e. The fourth-order valence-corrected chi connectivity index (χ4v) is 6.33. The Hall–Kier alpha value is -5.38. The van der Waals surface area contributed by atoms with E-state index in [9.17, 15) is 0 Å². The van der Waals surface area contributed by atoms with Crippen LogP contribution in [0.3, 0.4) is 0 Å². The van der Waals surface area contributed by atoms with Gasteiger partial charge in [-0.25, -0.2) is 0 Å². The van der Waals surface area contributed by atoms with Crippen molar-refractivity contribution < 1.29 is 4.74 Å². The molecule has 0 saturated heterocycles. The molecule has 0 bridgehead atoms. The predicted molar refractivity (Wildman–Crippen MR) is 207 cm³/mol. The number of thioether (sulfide) groups is 1. The lowest BCUT2D eigenvalue weighted by Crippen LogP contribution is -1.96. The smallest absolute Gasteiger partial charge is 0.127 e. The second-order valence-electron chi connectivity index (χ2n) is 11.6. The van der Waals surface area contributed by atoms with Gasteiger partial charge in [0.05, 0.1) is 5.70 Å². The minimum atomic E-state index is 0.776. The van der Waals surface area contributed by atoms with Gasteiger partial charge in [-0.1, -0.05) is 117 Å². The Kier molecular flexibility index (Phi) is 10.5. The molecule has 6 aromatic carbocycles. The Bertz CT molecular complexity index is 2060. The summed E-state index contributed by atoms with van der Waals surface area (Å²) in [7, 11) is 0. The number of hydrogen-bond acceptors (Lipinski definition) is 3. The van der Waals surface area contributed by atoms with Gasteiger partial charge in [-0.3, -0.25) is 4.99 Å². The van der Waals surface area contributed by atoms with Crippen molar-refractivity contribution in [2.45, 2.75) is 25.2 Å². The van der Waals surface area contributed by atoms with Gasteiger partial charge in [0.1, 0.15) is 11.5 Å². The van der Waals surface area contributed by atoms with Crippen LogP contribution in [0.25, 0.3) is 33.5 Å². The van der Waals surface area contributed by atoms with E-state index in [0.29, 0.717) is 0 Å². The van der Waals surface area contributed by atoms with Gasteiger partial charge < -0.3 is 4.74 Å². The van der Waals surface area contributed by atoms with Crippen molar-refractivity contribution in [2.75, 3.05) is 6.26 Å². The summed E-state index contributed by atoms with van der Waals surface area (Å²) in [4.78, 5) is 6.34. The molecule has 0 unspecified atom stereocenters. The van der Waals surface area contributed by atoms with Crippen LogP contribution in [-0.2, 0) is 6.42 Å². The van der Waals surface area contributed by atoms with Crippen LogP contribution in [0.15, 0.2) is 174 Å². The van der Waals surface area contributed by atoms with Crippen LogP contribution in [0.5, 0.6) is 11.5 Å². The van der Waals surface area contributed by atoms with Crippen molar-refractivity contribution in [2.24, 2.45) is 4.99 Å². The number of nitrogens with zero attached hydrogens (tertiary/aromatic N) is 1. The lowest BCUT2D eigenvalue weighted by Gasteiger charge is -2.14. The highest BCUT2D eigenvalue weighted by Crippen LogP contribution is 2.37. The monoisotopic (exact) mass is 641 g/mol. The Balaban J connectivity index is 1.19. The van der Waals surface area contributed by atoms with Gasteiger partial charge in [0.2, 0.25) is 0 Å². The van der Waals surface area contributed by atoms with E-state index in [1.54, 1.807) is 11.8 Å². The lowest BCUT2D eigenvalue weighted by molar-refractivity contribution is 0.483. The molecular formula is C45H39NOS. The first-order valence-electron chi connectivity index (χ1n) is 16.2. The van der Waals surface area contributed by atoms with E-state index in [-0.39, 0.29) is 0 Å². The fourth-order valence-electron chi connectivity index (χ4n) is 5.74. The Morgan fingerprint density at radius 3 is 1.88 bits per heavy atom. The average molecular weight is 642 g/mol. The van der Waals surface area contributed by atoms with Crippen LogP contribution in [0.1, 0.15) is 36.1 Å². The van der Waals surface area contributed by atoms with E-state index in [0.717, 1.165) is 57.2 Å². The van der Waals surface area contributed by atoms with Crippen LogP contribution in [0, 0.1) is 0 Å². The molecule has 0 aliphatic heterocycles. The summed E-state index contributed by atoms with van der Waals surface area (Å²) in [6.07, 6.45) is 5.20. The molecule has 0 aliphatic rings. The van der Waals surface area contributed by atoms with E-state index < -0.39 is 0 Å². The summed E-state index contributed by atoms with van der Waals surface area (Å²) >= 11 is 1.79. The summed E-state index contributed by atoms with van der Waals surface area (Å²) in [6.45, 7) is 8.56. The van der Waals surface area contributed by atoms with Gasteiger partial charge in [-0.15, -0.1) is 11.8 Å². The Morgan fingerprint density at radius 2 is 1.23 bits per heavy atom. The molecular weight excluding hydrogens is 603 g/mol. The highest BCUT2D eigenvalue weighted by atomic mass is 32.2. The molecule has 236 valence electrons. The molecule has 6 aromatic rings. The number of rotatable bonds is 11. The summed E-state index contributed by atoms with van der Waals surface area (Å²) < 4.78 is 6.25. The van der Waals surface area contributed by atoms with Crippen molar-refractivity contribution in [3.8, 4) is 33.8 Å². The first kappa shape index (κ1) is 32.6. The summed E-state index contributed by atoms with van der Waals surface area (Å²) in [6, 6.07) is 52.3. The maximum Gasteiger partial charge on any atom is 0.127 e. The third kappa shape index (κ3) is 7.76. The van der Waals surface area contributed by atoms with E-state index in [1.165, 1.54) is 27.1 Å². The molecule has 0 aliphatic carbocycles. The van der Waals surface area contributed by atoms with E-state index >= 15 is 0 Å². The van der Waals surface area contributed by atoms with Crippen molar-refractivity contribution in [1.29, 1.82) is 0 Å². The zero-order valence-corrected chi connectivity index (χ0v) is 28.5. The highest BCUT2D eigenvalue weighted by molar-refractivity contribution is 7.98. The Morgan fingerprint density at radius 1 is 0.646 bits per heavy atom. The van der Waals surface area contributed by atoms with Gasteiger partial charge >= 0.3 is 0 Å². The normalized spacial score (nSPS) is 11.7. The number of aliphatic imine (C=N–C) groups is 1. The summed E-state index contributed by atoms with van der Waals surface area (Å²) in [5.41, 5.74) is 12.1. The van der Waals surface area contributed by atoms with Crippen LogP contribution in [-0.4, -0.2) is 12.0 Å². The predicted octanol–water partition coefficient (Wildman–Crippen LogP) is 12.7. The molecule has 0 aromatic heterocycles. The average Bonchev–Trinajstić information content (AvgIpc) is 3.15.